The Morgan fingerprint density at radius 3 is 1.68 bits per heavy atom. The maximum atomic E-state index is 6.02. The van der Waals surface area contributed by atoms with E-state index in [1.54, 1.807) is 0 Å². The van der Waals surface area contributed by atoms with Crippen LogP contribution < -0.4 is 0 Å². The molecule has 0 aliphatic rings. The molecule has 0 heterocycles. The van der Waals surface area contributed by atoms with E-state index in [-0.39, 0.29) is 0 Å². The predicted octanol–water partition coefficient (Wildman–Crippen LogP) is 5.20. The van der Waals surface area contributed by atoms with Crippen LogP contribution in [0, 0.1) is 0 Å². The van der Waals surface area contributed by atoms with E-state index < -0.39 is 9.28 Å². The van der Waals surface area contributed by atoms with Crippen molar-refractivity contribution in [1.82, 2.24) is 0 Å². The lowest BCUT2D eigenvalue weighted by molar-refractivity contribution is 0.174. The lowest BCUT2D eigenvalue weighted by atomic mass is 9.94. The summed E-state index contributed by atoms with van der Waals surface area (Å²) in [6.45, 7) is 12.7. The summed E-state index contributed by atoms with van der Waals surface area (Å²) in [5.74, 6) is 0. The SMILES string of the molecule is CCCCCCCC(CC)(CC)[SiH](OCC)OCC. The third-order valence-electron chi connectivity index (χ3n) is 4.32. The van der Waals surface area contributed by atoms with Crippen LogP contribution in [0.4, 0.5) is 0 Å². The molecule has 0 N–H and O–H groups in total. The molecular formula is C16H36O2Si. The van der Waals surface area contributed by atoms with Crippen molar-refractivity contribution in [3.63, 3.8) is 0 Å². The lowest BCUT2D eigenvalue weighted by Gasteiger charge is -2.37. The van der Waals surface area contributed by atoms with Crippen molar-refractivity contribution in [1.29, 1.82) is 0 Å². The van der Waals surface area contributed by atoms with Crippen molar-refractivity contribution < 1.29 is 8.85 Å². The molecule has 2 nitrogen and oxygen atoms in total. The highest BCUT2D eigenvalue weighted by molar-refractivity contribution is 6.48. The summed E-state index contributed by atoms with van der Waals surface area (Å²) in [6, 6.07) is 0. The maximum Gasteiger partial charge on any atom is 0.327 e. The molecule has 0 unspecified atom stereocenters. The van der Waals surface area contributed by atoms with Crippen molar-refractivity contribution in [2.45, 2.75) is 91.0 Å². The molecule has 0 bridgehead atoms. The molecule has 0 saturated carbocycles. The van der Waals surface area contributed by atoms with Gasteiger partial charge in [-0.25, -0.2) is 0 Å². The Balaban J connectivity index is 4.42. The van der Waals surface area contributed by atoms with Crippen molar-refractivity contribution in [2.24, 2.45) is 0 Å². The van der Waals surface area contributed by atoms with Gasteiger partial charge in [-0.2, -0.15) is 0 Å². The van der Waals surface area contributed by atoms with Crippen molar-refractivity contribution >= 4 is 9.28 Å². The Morgan fingerprint density at radius 1 is 0.737 bits per heavy atom. The first-order chi connectivity index (χ1) is 9.20. The topological polar surface area (TPSA) is 18.5 Å². The molecule has 116 valence electrons. The van der Waals surface area contributed by atoms with Gasteiger partial charge in [-0.05, 0) is 33.1 Å². The lowest BCUT2D eigenvalue weighted by Crippen LogP contribution is -2.38. The van der Waals surface area contributed by atoms with Gasteiger partial charge in [-0.1, -0.05) is 52.9 Å². The van der Waals surface area contributed by atoms with Gasteiger partial charge in [0.2, 0.25) is 0 Å². The van der Waals surface area contributed by atoms with E-state index in [2.05, 4.69) is 34.6 Å². The molecule has 0 aromatic heterocycles. The van der Waals surface area contributed by atoms with Crippen molar-refractivity contribution in [2.75, 3.05) is 13.2 Å². The molecule has 0 saturated heterocycles. The standard InChI is InChI=1S/C16H36O2Si/c1-6-11-12-13-14-15-16(7-2,8-3)19(17-9-4)18-10-5/h19H,6-15H2,1-5H3. The predicted molar refractivity (Wildman–Crippen MR) is 87.1 cm³/mol. The smallest absolute Gasteiger partial charge is 0.327 e. The van der Waals surface area contributed by atoms with Gasteiger partial charge in [0.1, 0.15) is 0 Å². The quantitative estimate of drug-likeness (QED) is 0.342. The second-order valence-corrected chi connectivity index (χ2v) is 8.03. The minimum Gasteiger partial charge on any atom is -0.397 e. The summed E-state index contributed by atoms with van der Waals surface area (Å²) in [5.41, 5.74) is 0. The Morgan fingerprint density at radius 2 is 1.26 bits per heavy atom. The van der Waals surface area contributed by atoms with Gasteiger partial charge < -0.3 is 8.85 Å². The minimum atomic E-state index is -1.54. The normalized spacial score (nSPS) is 12.3. The van der Waals surface area contributed by atoms with Crippen LogP contribution in [-0.2, 0) is 8.85 Å². The fourth-order valence-corrected chi connectivity index (χ4v) is 5.36. The monoisotopic (exact) mass is 288 g/mol. The van der Waals surface area contributed by atoms with Crippen LogP contribution in [0.2, 0.25) is 5.04 Å². The molecule has 0 spiro atoms. The third-order valence-corrected chi connectivity index (χ3v) is 7.70. The summed E-state index contributed by atoms with van der Waals surface area (Å²) >= 11 is 0. The summed E-state index contributed by atoms with van der Waals surface area (Å²) < 4.78 is 12.0. The summed E-state index contributed by atoms with van der Waals surface area (Å²) in [6.07, 6.45) is 10.5. The van der Waals surface area contributed by atoms with E-state index in [1.165, 1.54) is 51.4 Å². The van der Waals surface area contributed by atoms with Crippen LogP contribution in [0.3, 0.4) is 0 Å². The van der Waals surface area contributed by atoms with Gasteiger partial charge in [0.25, 0.3) is 0 Å². The first-order valence-electron chi connectivity index (χ1n) is 8.43. The number of rotatable bonds is 13. The first-order valence-corrected chi connectivity index (χ1v) is 9.95. The highest BCUT2D eigenvalue weighted by Crippen LogP contribution is 2.44. The van der Waals surface area contributed by atoms with E-state index >= 15 is 0 Å². The Kier molecular flexibility index (Phi) is 12.0. The molecule has 19 heavy (non-hydrogen) atoms. The van der Waals surface area contributed by atoms with Gasteiger partial charge in [-0.3, -0.25) is 0 Å². The number of unbranched alkanes of at least 4 members (excludes halogenated alkanes) is 4. The summed E-state index contributed by atoms with van der Waals surface area (Å²) in [7, 11) is -1.54. The molecule has 0 radical (unpaired) electrons. The zero-order valence-corrected chi connectivity index (χ0v) is 15.1. The highest BCUT2D eigenvalue weighted by Gasteiger charge is 2.39. The van der Waals surface area contributed by atoms with Gasteiger partial charge in [-0.15, -0.1) is 0 Å². The fraction of sp³-hybridized carbons (Fsp3) is 1.00. The molecule has 0 amide bonds. The van der Waals surface area contributed by atoms with Crippen LogP contribution in [0.5, 0.6) is 0 Å². The van der Waals surface area contributed by atoms with E-state index in [0.717, 1.165) is 13.2 Å². The molecule has 0 aliphatic carbocycles. The van der Waals surface area contributed by atoms with Crippen LogP contribution in [0.25, 0.3) is 0 Å². The van der Waals surface area contributed by atoms with Gasteiger partial charge in [0.05, 0.1) is 0 Å². The molecule has 0 aliphatic heterocycles. The Bertz CT molecular complexity index is 187. The van der Waals surface area contributed by atoms with Gasteiger partial charge >= 0.3 is 9.28 Å². The van der Waals surface area contributed by atoms with Gasteiger partial charge in [0, 0.05) is 18.3 Å². The second kappa shape index (κ2) is 11.9. The second-order valence-electron chi connectivity index (χ2n) is 5.48. The molecule has 0 fully saturated rings. The molecule has 0 aromatic rings. The molecule has 3 heteroatoms. The van der Waals surface area contributed by atoms with Crippen LogP contribution in [0.15, 0.2) is 0 Å². The Hall–Kier alpha value is 0.137. The van der Waals surface area contributed by atoms with Crippen LogP contribution >= 0.6 is 0 Å². The zero-order valence-electron chi connectivity index (χ0n) is 14.0. The average molecular weight is 289 g/mol. The largest absolute Gasteiger partial charge is 0.397 e. The molecule has 0 rings (SSSR count). The van der Waals surface area contributed by atoms with Crippen LogP contribution in [-0.4, -0.2) is 22.5 Å². The Labute approximate surface area is 123 Å². The average Bonchev–Trinajstić information content (AvgIpc) is 2.43. The zero-order chi connectivity index (χ0) is 14.6. The van der Waals surface area contributed by atoms with Crippen molar-refractivity contribution in [3.05, 3.63) is 0 Å². The number of hydrogen-bond donors (Lipinski definition) is 0. The summed E-state index contributed by atoms with van der Waals surface area (Å²) in [4.78, 5) is 0. The van der Waals surface area contributed by atoms with E-state index in [1.807, 2.05) is 0 Å². The molecular weight excluding hydrogens is 252 g/mol. The molecule has 0 aromatic carbocycles. The van der Waals surface area contributed by atoms with E-state index in [9.17, 15) is 0 Å². The van der Waals surface area contributed by atoms with E-state index in [0.29, 0.717) is 5.04 Å². The van der Waals surface area contributed by atoms with Gasteiger partial charge in [0.15, 0.2) is 0 Å². The van der Waals surface area contributed by atoms with Crippen LogP contribution in [0.1, 0.15) is 86.0 Å². The van der Waals surface area contributed by atoms with Crippen molar-refractivity contribution in [3.8, 4) is 0 Å². The van der Waals surface area contributed by atoms with E-state index in [4.69, 9.17) is 8.85 Å². The third kappa shape index (κ3) is 6.91. The minimum absolute atomic E-state index is 0.345. The maximum absolute atomic E-state index is 6.02. The number of hydrogen-bond acceptors (Lipinski definition) is 2. The highest BCUT2D eigenvalue weighted by atomic mass is 28.3. The summed E-state index contributed by atoms with van der Waals surface area (Å²) in [5, 5.41) is 0.345. The fourth-order valence-electron chi connectivity index (χ4n) is 2.84. The molecule has 0 atom stereocenters. The first kappa shape index (κ1) is 19.1.